The number of pyridine rings is 1. The van der Waals surface area contributed by atoms with Gasteiger partial charge in [-0.1, -0.05) is 23.8 Å². The molecule has 4 aromatic rings. The molecule has 4 rings (SSSR count). The van der Waals surface area contributed by atoms with Crippen molar-refractivity contribution in [2.24, 2.45) is 0 Å². The molecule has 0 aliphatic carbocycles. The number of aryl methyl sites for hydroxylation is 1. The van der Waals surface area contributed by atoms with Gasteiger partial charge in [0, 0.05) is 23.1 Å². The zero-order chi connectivity index (χ0) is 19.5. The lowest BCUT2D eigenvalue weighted by Gasteiger charge is -2.08. The molecule has 0 aliphatic heterocycles. The van der Waals surface area contributed by atoms with E-state index in [1.165, 1.54) is 0 Å². The molecule has 0 fully saturated rings. The first-order chi connectivity index (χ1) is 13.6. The van der Waals surface area contributed by atoms with E-state index in [9.17, 15) is 9.59 Å². The first-order valence-corrected chi connectivity index (χ1v) is 8.82. The summed E-state index contributed by atoms with van der Waals surface area (Å²) in [6.07, 6.45) is 3.33. The normalized spacial score (nSPS) is 10.6. The van der Waals surface area contributed by atoms with Crippen molar-refractivity contribution in [1.82, 2.24) is 9.61 Å². The Kier molecular flexibility index (Phi) is 4.60. The molecule has 0 aliphatic rings. The van der Waals surface area contributed by atoms with Crippen molar-refractivity contribution in [2.45, 2.75) is 6.92 Å². The highest BCUT2D eigenvalue weighted by molar-refractivity contribution is 6.09. The minimum absolute atomic E-state index is 0.178. The second kappa shape index (κ2) is 7.36. The quantitative estimate of drug-likeness (QED) is 0.567. The van der Waals surface area contributed by atoms with Gasteiger partial charge in [-0.3, -0.25) is 9.59 Å². The van der Waals surface area contributed by atoms with Crippen molar-refractivity contribution in [1.29, 1.82) is 0 Å². The Morgan fingerprint density at radius 3 is 2.14 bits per heavy atom. The third-order valence-electron chi connectivity index (χ3n) is 4.39. The molecule has 28 heavy (non-hydrogen) atoms. The summed E-state index contributed by atoms with van der Waals surface area (Å²) in [5.41, 5.74) is 4.21. The number of hydrogen-bond acceptors (Lipinski definition) is 3. The molecule has 0 spiro atoms. The highest BCUT2D eigenvalue weighted by Crippen LogP contribution is 2.17. The maximum absolute atomic E-state index is 12.5. The minimum atomic E-state index is -0.238. The van der Waals surface area contributed by atoms with Crippen molar-refractivity contribution in [2.75, 3.05) is 10.6 Å². The van der Waals surface area contributed by atoms with E-state index in [2.05, 4.69) is 15.7 Å². The number of nitrogens with one attached hydrogen (secondary N) is 2. The molecule has 0 saturated heterocycles. The summed E-state index contributed by atoms with van der Waals surface area (Å²) in [4.78, 5) is 24.8. The molecule has 2 aromatic heterocycles. The molecule has 138 valence electrons. The van der Waals surface area contributed by atoms with Crippen LogP contribution in [-0.2, 0) is 0 Å². The SMILES string of the molecule is Cc1ccc(C(=O)Nc2ccc(NC(=O)c3cnn4ccccc34)cc2)cc1. The van der Waals surface area contributed by atoms with Crippen LogP contribution in [0.3, 0.4) is 0 Å². The standard InChI is InChI=1S/C22H18N4O2/c1-15-5-7-16(8-6-15)21(27)24-17-9-11-18(12-10-17)25-22(28)19-14-23-26-13-3-2-4-20(19)26/h2-14H,1H3,(H,24,27)(H,25,28). The van der Waals surface area contributed by atoms with Gasteiger partial charge in [0.2, 0.25) is 0 Å². The molecule has 2 N–H and O–H groups in total. The third kappa shape index (κ3) is 3.61. The van der Waals surface area contributed by atoms with Crippen LogP contribution in [0, 0.1) is 6.92 Å². The van der Waals surface area contributed by atoms with Crippen molar-refractivity contribution in [3.8, 4) is 0 Å². The van der Waals surface area contributed by atoms with Crippen LogP contribution in [0.25, 0.3) is 5.52 Å². The van der Waals surface area contributed by atoms with E-state index in [1.54, 1.807) is 53.3 Å². The van der Waals surface area contributed by atoms with Gasteiger partial charge >= 0.3 is 0 Å². The van der Waals surface area contributed by atoms with Crippen LogP contribution >= 0.6 is 0 Å². The molecule has 0 saturated carbocycles. The first-order valence-electron chi connectivity index (χ1n) is 8.82. The molecule has 2 aromatic carbocycles. The van der Waals surface area contributed by atoms with Gasteiger partial charge in [-0.05, 0) is 55.5 Å². The van der Waals surface area contributed by atoms with Crippen LogP contribution in [0.4, 0.5) is 11.4 Å². The highest BCUT2D eigenvalue weighted by Gasteiger charge is 2.12. The fourth-order valence-electron chi connectivity index (χ4n) is 2.85. The summed E-state index contributed by atoms with van der Waals surface area (Å²) in [5, 5.41) is 9.87. The van der Waals surface area contributed by atoms with Crippen LogP contribution < -0.4 is 10.6 Å². The maximum Gasteiger partial charge on any atom is 0.259 e. The number of hydrogen-bond donors (Lipinski definition) is 2. The van der Waals surface area contributed by atoms with Crippen molar-refractivity contribution >= 4 is 28.7 Å². The third-order valence-corrected chi connectivity index (χ3v) is 4.39. The van der Waals surface area contributed by atoms with Gasteiger partial charge in [-0.25, -0.2) is 4.52 Å². The Morgan fingerprint density at radius 2 is 1.46 bits per heavy atom. The monoisotopic (exact) mass is 370 g/mol. The number of carbonyl (C=O) groups is 2. The average molecular weight is 370 g/mol. The van der Waals surface area contributed by atoms with Crippen molar-refractivity contribution < 1.29 is 9.59 Å². The summed E-state index contributed by atoms with van der Waals surface area (Å²) < 4.78 is 1.65. The number of fused-ring (bicyclic) bond motifs is 1. The first kappa shape index (κ1) is 17.5. The van der Waals surface area contributed by atoms with E-state index in [0.717, 1.165) is 11.1 Å². The van der Waals surface area contributed by atoms with Crippen LogP contribution in [0.15, 0.2) is 79.1 Å². The van der Waals surface area contributed by atoms with Crippen molar-refractivity contribution in [3.05, 3.63) is 95.8 Å². The summed E-state index contributed by atoms with van der Waals surface area (Å²) in [6, 6.07) is 19.9. The molecule has 0 bridgehead atoms. The van der Waals surface area contributed by atoms with Gasteiger partial charge in [0.15, 0.2) is 0 Å². The number of rotatable bonds is 4. The molecule has 6 nitrogen and oxygen atoms in total. The lowest BCUT2D eigenvalue weighted by Crippen LogP contribution is -2.13. The van der Waals surface area contributed by atoms with Gasteiger partial charge in [0.25, 0.3) is 11.8 Å². The number of anilines is 2. The Balaban J connectivity index is 1.43. The zero-order valence-electron chi connectivity index (χ0n) is 15.2. The summed E-state index contributed by atoms with van der Waals surface area (Å²) in [6.45, 7) is 1.97. The van der Waals surface area contributed by atoms with E-state index in [4.69, 9.17) is 0 Å². The second-order valence-corrected chi connectivity index (χ2v) is 6.44. The Morgan fingerprint density at radius 1 is 0.821 bits per heavy atom. The number of benzene rings is 2. The van der Waals surface area contributed by atoms with E-state index >= 15 is 0 Å². The van der Waals surface area contributed by atoms with Gasteiger partial charge in [0.1, 0.15) is 0 Å². The molecule has 2 amide bonds. The van der Waals surface area contributed by atoms with Crippen LogP contribution in [-0.4, -0.2) is 21.4 Å². The molecule has 2 heterocycles. The van der Waals surface area contributed by atoms with E-state index in [-0.39, 0.29) is 11.8 Å². The van der Waals surface area contributed by atoms with Gasteiger partial charge in [-0.2, -0.15) is 5.10 Å². The van der Waals surface area contributed by atoms with E-state index < -0.39 is 0 Å². The molecule has 0 radical (unpaired) electrons. The number of nitrogens with zero attached hydrogens (tertiary/aromatic N) is 2. The Hall–Kier alpha value is -3.93. The predicted molar refractivity (Wildman–Crippen MR) is 109 cm³/mol. The lowest BCUT2D eigenvalue weighted by atomic mass is 10.1. The summed E-state index contributed by atoms with van der Waals surface area (Å²) in [7, 11) is 0. The molecular formula is C22H18N4O2. The van der Waals surface area contributed by atoms with Gasteiger partial charge < -0.3 is 10.6 Å². The number of carbonyl (C=O) groups excluding carboxylic acids is 2. The largest absolute Gasteiger partial charge is 0.322 e. The molecule has 0 unspecified atom stereocenters. The van der Waals surface area contributed by atoms with Crippen LogP contribution in [0.1, 0.15) is 26.3 Å². The predicted octanol–water partition coefficient (Wildman–Crippen LogP) is 4.15. The van der Waals surface area contributed by atoms with Gasteiger partial charge in [-0.15, -0.1) is 0 Å². The summed E-state index contributed by atoms with van der Waals surface area (Å²) in [5.74, 6) is -0.416. The number of aromatic nitrogens is 2. The molecular weight excluding hydrogens is 352 g/mol. The molecule has 6 heteroatoms. The number of amides is 2. The molecule has 0 atom stereocenters. The smallest absolute Gasteiger partial charge is 0.259 e. The van der Waals surface area contributed by atoms with Crippen LogP contribution in [0.5, 0.6) is 0 Å². The Bertz CT molecular complexity index is 1150. The van der Waals surface area contributed by atoms with E-state index in [1.807, 2.05) is 37.3 Å². The Labute approximate surface area is 161 Å². The zero-order valence-corrected chi connectivity index (χ0v) is 15.2. The average Bonchev–Trinajstić information content (AvgIpc) is 3.14. The van der Waals surface area contributed by atoms with E-state index in [0.29, 0.717) is 22.5 Å². The van der Waals surface area contributed by atoms with Gasteiger partial charge in [0.05, 0.1) is 17.3 Å². The van der Waals surface area contributed by atoms with Crippen molar-refractivity contribution in [3.63, 3.8) is 0 Å². The summed E-state index contributed by atoms with van der Waals surface area (Å²) >= 11 is 0. The fraction of sp³-hybridized carbons (Fsp3) is 0.0455. The lowest BCUT2D eigenvalue weighted by molar-refractivity contribution is 0.101. The van der Waals surface area contributed by atoms with Crippen LogP contribution in [0.2, 0.25) is 0 Å². The second-order valence-electron chi connectivity index (χ2n) is 6.44. The topological polar surface area (TPSA) is 75.5 Å². The highest BCUT2D eigenvalue weighted by atomic mass is 16.2. The fourth-order valence-corrected chi connectivity index (χ4v) is 2.85. The minimum Gasteiger partial charge on any atom is -0.322 e. The maximum atomic E-state index is 12.5.